The van der Waals surface area contributed by atoms with Crippen molar-refractivity contribution in [2.45, 2.75) is 19.0 Å². The topological polar surface area (TPSA) is 106 Å². The van der Waals surface area contributed by atoms with Gasteiger partial charge in [0.2, 0.25) is 11.8 Å². The molecule has 0 saturated carbocycles. The molecule has 0 aromatic carbocycles. The summed E-state index contributed by atoms with van der Waals surface area (Å²) in [5.74, 6) is -0.679. The second kappa shape index (κ2) is 5.58. The molecule has 1 fully saturated rings. The maximum absolute atomic E-state index is 12.1. The Morgan fingerprint density at radius 2 is 2.39 bits per heavy atom. The van der Waals surface area contributed by atoms with Crippen molar-refractivity contribution in [1.29, 1.82) is 0 Å². The van der Waals surface area contributed by atoms with Gasteiger partial charge in [0.15, 0.2) is 0 Å². The number of rotatable bonds is 5. The highest BCUT2D eigenvalue weighted by molar-refractivity contribution is 5.84. The summed E-state index contributed by atoms with van der Waals surface area (Å²) < 4.78 is 1.43. The molecule has 0 aliphatic carbocycles. The Hall–Kier alpha value is -1.96. The number of carbonyl (C=O) groups excluding carboxylic acids is 2. The van der Waals surface area contributed by atoms with Gasteiger partial charge in [-0.15, -0.1) is 5.10 Å². The van der Waals surface area contributed by atoms with Gasteiger partial charge in [-0.1, -0.05) is 5.21 Å². The predicted molar refractivity (Wildman–Crippen MR) is 62.2 cm³/mol. The lowest BCUT2D eigenvalue weighted by molar-refractivity contribution is -0.137. The number of nitrogens with zero attached hydrogens (tertiary/aromatic N) is 4. The van der Waals surface area contributed by atoms with E-state index in [1.165, 1.54) is 15.8 Å². The molecule has 1 aliphatic heterocycles. The first-order chi connectivity index (χ1) is 8.66. The molecule has 1 aromatic rings. The molecule has 2 rings (SSSR count). The first-order valence-corrected chi connectivity index (χ1v) is 5.79. The summed E-state index contributed by atoms with van der Waals surface area (Å²) in [5.41, 5.74) is 5.18. The molecule has 0 radical (unpaired) electrons. The Balaban J connectivity index is 2.02. The highest BCUT2D eigenvalue weighted by Crippen LogP contribution is 2.09. The fraction of sp³-hybridized carbons (Fsp3) is 0.600. The summed E-state index contributed by atoms with van der Waals surface area (Å²) in [4.78, 5) is 24.7. The fourth-order valence-corrected chi connectivity index (χ4v) is 2.04. The van der Waals surface area contributed by atoms with Gasteiger partial charge in [-0.3, -0.25) is 9.59 Å². The summed E-state index contributed by atoms with van der Waals surface area (Å²) in [6.07, 6.45) is 3.94. The molecule has 1 aliphatic rings. The molecule has 1 saturated heterocycles. The van der Waals surface area contributed by atoms with E-state index in [1.54, 1.807) is 6.20 Å². The first kappa shape index (κ1) is 12.5. The zero-order valence-corrected chi connectivity index (χ0v) is 9.95. The van der Waals surface area contributed by atoms with Crippen molar-refractivity contribution >= 4 is 11.8 Å². The third kappa shape index (κ3) is 3.04. The van der Waals surface area contributed by atoms with Crippen molar-refractivity contribution in [2.24, 2.45) is 5.73 Å². The third-order valence-corrected chi connectivity index (χ3v) is 2.89. The van der Waals surface area contributed by atoms with E-state index in [4.69, 9.17) is 5.73 Å². The van der Waals surface area contributed by atoms with Gasteiger partial charge < -0.3 is 16.0 Å². The van der Waals surface area contributed by atoms with Crippen LogP contribution in [0.2, 0.25) is 0 Å². The molecule has 2 heterocycles. The van der Waals surface area contributed by atoms with Crippen LogP contribution in [0.4, 0.5) is 0 Å². The number of aromatic nitrogens is 3. The van der Waals surface area contributed by atoms with Gasteiger partial charge in [0, 0.05) is 18.8 Å². The molecule has 0 bridgehead atoms. The van der Waals surface area contributed by atoms with Crippen LogP contribution in [0.15, 0.2) is 12.4 Å². The van der Waals surface area contributed by atoms with Crippen molar-refractivity contribution in [3.8, 4) is 0 Å². The van der Waals surface area contributed by atoms with Gasteiger partial charge >= 0.3 is 0 Å². The van der Waals surface area contributed by atoms with Gasteiger partial charge in [-0.2, -0.15) is 0 Å². The molecule has 8 heteroatoms. The van der Waals surface area contributed by atoms with Crippen molar-refractivity contribution in [3.05, 3.63) is 12.4 Å². The zero-order chi connectivity index (χ0) is 13.0. The lowest BCUT2D eigenvalue weighted by atomic mass is 10.2. The number of nitrogens with one attached hydrogen (secondary N) is 1. The molecule has 1 aromatic heterocycles. The van der Waals surface area contributed by atoms with Gasteiger partial charge in [0.1, 0.15) is 6.54 Å². The van der Waals surface area contributed by atoms with Crippen molar-refractivity contribution in [2.75, 3.05) is 19.6 Å². The number of primary amides is 1. The molecular formula is C10H16N6O2. The summed E-state index contributed by atoms with van der Waals surface area (Å²) in [6.45, 7) is 1.55. The summed E-state index contributed by atoms with van der Waals surface area (Å²) in [5, 5.41) is 10.5. The summed E-state index contributed by atoms with van der Waals surface area (Å²) in [6, 6.07) is 0.0218. The molecule has 1 atom stereocenters. The van der Waals surface area contributed by atoms with Crippen LogP contribution in [0.5, 0.6) is 0 Å². The third-order valence-electron chi connectivity index (χ3n) is 2.89. The van der Waals surface area contributed by atoms with Gasteiger partial charge in [0.25, 0.3) is 0 Å². The lowest BCUT2D eigenvalue weighted by Crippen LogP contribution is -2.47. The number of nitrogens with two attached hydrogens (primary N) is 1. The molecule has 18 heavy (non-hydrogen) atoms. The molecule has 8 nitrogen and oxygen atoms in total. The van der Waals surface area contributed by atoms with E-state index < -0.39 is 5.91 Å². The molecule has 98 valence electrons. The van der Waals surface area contributed by atoms with E-state index in [9.17, 15) is 9.59 Å². The van der Waals surface area contributed by atoms with E-state index in [2.05, 4.69) is 15.6 Å². The van der Waals surface area contributed by atoms with Crippen LogP contribution in [-0.4, -0.2) is 57.4 Å². The average molecular weight is 252 g/mol. The first-order valence-electron chi connectivity index (χ1n) is 5.79. The second-order valence-electron chi connectivity index (χ2n) is 4.24. The SMILES string of the molecule is NC(=O)CN(C(=O)Cn1ccnn1)C1CCNC1. The standard InChI is InChI=1S/C10H16N6O2/c11-9(17)6-16(8-1-2-12-5-8)10(18)7-15-4-3-13-14-15/h3-4,8,12H,1-2,5-7H2,(H2,11,17). The van der Waals surface area contributed by atoms with Crippen LogP contribution >= 0.6 is 0 Å². The largest absolute Gasteiger partial charge is 0.368 e. The van der Waals surface area contributed by atoms with Gasteiger partial charge in [-0.25, -0.2) is 4.68 Å². The van der Waals surface area contributed by atoms with Crippen molar-refractivity contribution < 1.29 is 9.59 Å². The zero-order valence-electron chi connectivity index (χ0n) is 9.95. The Kier molecular flexibility index (Phi) is 3.88. The molecular weight excluding hydrogens is 236 g/mol. The highest BCUT2D eigenvalue weighted by Gasteiger charge is 2.27. The number of hydrogen-bond acceptors (Lipinski definition) is 5. The molecule has 0 spiro atoms. The van der Waals surface area contributed by atoms with E-state index in [1.807, 2.05) is 0 Å². The maximum atomic E-state index is 12.1. The Bertz CT molecular complexity index is 412. The van der Waals surface area contributed by atoms with Crippen LogP contribution in [-0.2, 0) is 16.1 Å². The summed E-state index contributed by atoms with van der Waals surface area (Å²) in [7, 11) is 0. The predicted octanol–water partition coefficient (Wildman–Crippen LogP) is -2.05. The second-order valence-corrected chi connectivity index (χ2v) is 4.24. The van der Waals surface area contributed by atoms with Gasteiger partial charge in [-0.05, 0) is 13.0 Å². The minimum absolute atomic E-state index is 0.0218. The number of amides is 2. The smallest absolute Gasteiger partial charge is 0.245 e. The average Bonchev–Trinajstić information content (AvgIpc) is 2.97. The van der Waals surface area contributed by atoms with E-state index >= 15 is 0 Å². The van der Waals surface area contributed by atoms with E-state index in [0.717, 1.165) is 13.0 Å². The number of carbonyl (C=O) groups is 2. The highest BCUT2D eigenvalue weighted by atomic mass is 16.2. The van der Waals surface area contributed by atoms with E-state index in [-0.39, 0.29) is 25.0 Å². The Morgan fingerprint density at radius 3 is 2.94 bits per heavy atom. The van der Waals surface area contributed by atoms with Crippen LogP contribution in [0, 0.1) is 0 Å². The summed E-state index contributed by atoms with van der Waals surface area (Å²) >= 11 is 0. The quantitative estimate of drug-likeness (QED) is 0.627. The van der Waals surface area contributed by atoms with Crippen molar-refractivity contribution in [3.63, 3.8) is 0 Å². The monoisotopic (exact) mass is 252 g/mol. The minimum atomic E-state index is -0.506. The van der Waals surface area contributed by atoms with E-state index in [0.29, 0.717) is 6.54 Å². The van der Waals surface area contributed by atoms with Gasteiger partial charge in [0.05, 0.1) is 12.7 Å². The van der Waals surface area contributed by atoms with Crippen LogP contribution < -0.4 is 11.1 Å². The molecule has 3 N–H and O–H groups in total. The van der Waals surface area contributed by atoms with Crippen LogP contribution in [0.25, 0.3) is 0 Å². The number of hydrogen-bond donors (Lipinski definition) is 2. The molecule has 2 amide bonds. The fourth-order valence-electron chi connectivity index (χ4n) is 2.04. The molecule has 1 unspecified atom stereocenters. The normalized spacial score (nSPS) is 18.8. The van der Waals surface area contributed by atoms with Crippen LogP contribution in [0.1, 0.15) is 6.42 Å². The minimum Gasteiger partial charge on any atom is -0.368 e. The Labute approximate surface area is 104 Å². The van der Waals surface area contributed by atoms with Crippen LogP contribution in [0.3, 0.4) is 0 Å². The Morgan fingerprint density at radius 1 is 1.56 bits per heavy atom. The maximum Gasteiger partial charge on any atom is 0.245 e. The lowest BCUT2D eigenvalue weighted by Gasteiger charge is -2.27. The van der Waals surface area contributed by atoms with Crippen molar-refractivity contribution in [1.82, 2.24) is 25.2 Å².